The lowest BCUT2D eigenvalue weighted by Gasteiger charge is -2.61. The van der Waals surface area contributed by atoms with Crippen LogP contribution in [-0.2, 0) is 4.74 Å². The van der Waals surface area contributed by atoms with Crippen LogP contribution in [-0.4, -0.2) is 43.6 Å². The summed E-state index contributed by atoms with van der Waals surface area (Å²) < 4.78 is 6.35. The number of hydrogen-bond acceptors (Lipinski definition) is 2. The highest BCUT2D eigenvalue weighted by molar-refractivity contribution is 6.20. The minimum Gasteiger partial charge on any atom is -0.377 e. The molecule has 0 aromatic rings. The summed E-state index contributed by atoms with van der Waals surface area (Å²) in [6, 6.07) is 0. The number of hydrogen-bond donors (Lipinski definition) is 0. The third-order valence-electron chi connectivity index (χ3n) is 10.2. The number of likely N-dealkylation sites (N-methyl/N-ethyl adjacent to an activating group) is 1. The number of rotatable bonds is 5. The lowest BCUT2D eigenvalue weighted by Crippen LogP contribution is -2.54. The summed E-state index contributed by atoms with van der Waals surface area (Å²) in [5.74, 6) is 4.50. The molecule has 0 aliphatic heterocycles. The molecule has 2 nitrogen and oxygen atoms in total. The molecule has 0 spiro atoms. The van der Waals surface area contributed by atoms with E-state index in [1.165, 1.54) is 57.8 Å². The number of alkyl halides is 1. The average Bonchev–Trinajstić information content (AvgIpc) is 2.99. The van der Waals surface area contributed by atoms with Crippen molar-refractivity contribution in [1.29, 1.82) is 0 Å². The predicted octanol–water partition coefficient (Wildman–Crippen LogP) is 6.22. The van der Waals surface area contributed by atoms with Crippen LogP contribution in [0.2, 0.25) is 0 Å². The van der Waals surface area contributed by atoms with Crippen LogP contribution in [0.5, 0.6) is 0 Å². The lowest BCUT2D eigenvalue weighted by molar-refractivity contribution is -0.123. The van der Waals surface area contributed by atoms with Crippen molar-refractivity contribution in [3.8, 4) is 0 Å². The Morgan fingerprint density at radius 3 is 2.43 bits per heavy atom. The van der Waals surface area contributed by atoms with Crippen LogP contribution in [0.4, 0.5) is 0 Å². The monoisotopic (exact) mass is 409 g/mol. The van der Waals surface area contributed by atoms with Gasteiger partial charge in [-0.2, -0.15) is 0 Å². The molecule has 9 atom stereocenters. The summed E-state index contributed by atoms with van der Waals surface area (Å²) in [6.07, 6.45) is 12.9. The number of nitrogens with zero attached hydrogens (tertiary/aromatic N) is 1. The highest BCUT2D eigenvalue weighted by Gasteiger charge is 2.60. The molecule has 162 valence electrons. The molecule has 4 rings (SSSR count). The highest BCUT2D eigenvalue weighted by atomic mass is 35.5. The summed E-state index contributed by atoms with van der Waals surface area (Å²) in [6.45, 7) is 9.56. The van der Waals surface area contributed by atoms with Crippen LogP contribution in [0.1, 0.15) is 78.6 Å². The van der Waals surface area contributed by atoms with E-state index < -0.39 is 0 Å². The Morgan fingerprint density at radius 2 is 1.68 bits per heavy atom. The largest absolute Gasteiger partial charge is 0.377 e. The van der Waals surface area contributed by atoms with Crippen molar-refractivity contribution in [2.75, 3.05) is 27.2 Å². The van der Waals surface area contributed by atoms with Crippen LogP contribution in [0.15, 0.2) is 0 Å². The van der Waals surface area contributed by atoms with Gasteiger partial charge in [0.25, 0.3) is 0 Å². The molecule has 0 amide bonds. The molecule has 0 aromatic heterocycles. The second kappa shape index (κ2) is 8.04. The summed E-state index contributed by atoms with van der Waals surface area (Å²) in [5.41, 5.74) is 1.08. The fraction of sp³-hybridized carbons (Fsp3) is 1.00. The molecule has 0 heterocycles. The normalized spacial score (nSPS) is 49.4. The van der Waals surface area contributed by atoms with Crippen molar-refractivity contribution < 1.29 is 4.74 Å². The topological polar surface area (TPSA) is 12.5 Å². The van der Waals surface area contributed by atoms with Crippen LogP contribution >= 0.6 is 11.6 Å². The molecule has 4 aliphatic rings. The maximum Gasteiger partial charge on any atom is 0.0596 e. The Bertz CT molecular complexity index is 553. The first-order valence-corrected chi connectivity index (χ1v) is 12.6. The van der Waals surface area contributed by atoms with E-state index in [9.17, 15) is 0 Å². The van der Waals surface area contributed by atoms with E-state index in [4.69, 9.17) is 16.3 Å². The van der Waals surface area contributed by atoms with E-state index in [-0.39, 0.29) is 0 Å². The molecule has 4 aliphatic carbocycles. The van der Waals surface area contributed by atoms with Gasteiger partial charge < -0.3 is 9.64 Å². The van der Waals surface area contributed by atoms with Gasteiger partial charge in [0, 0.05) is 11.9 Å². The smallest absolute Gasteiger partial charge is 0.0596 e. The van der Waals surface area contributed by atoms with Gasteiger partial charge in [0.05, 0.1) is 12.7 Å². The Morgan fingerprint density at radius 1 is 0.964 bits per heavy atom. The standard InChI is InChI=1S/C25H44ClNO/c1-17(28-15-14-27(4)5)21-8-9-22-20-7-6-18-16-19(26)10-12-24(18,2)23(20)11-13-25(21,22)3/h17-23H,6-16H2,1-5H3/t17-,18?,19?,20-,21+,22-,23-,24-,25+/m0/s1. The minimum atomic E-state index is 0.408. The summed E-state index contributed by atoms with van der Waals surface area (Å²) >= 11 is 6.58. The van der Waals surface area contributed by atoms with Crippen LogP contribution in [0, 0.1) is 40.4 Å². The fourth-order valence-electron chi connectivity index (χ4n) is 8.55. The van der Waals surface area contributed by atoms with E-state index in [2.05, 4.69) is 39.8 Å². The first-order chi connectivity index (χ1) is 13.3. The zero-order valence-corrected chi connectivity index (χ0v) is 19.8. The first kappa shape index (κ1) is 21.4. The number of halogens is 1. The molecular weight excluding hydrogens is 366 g/mol. The molecule has 0 aromatic carbocycles. The van der Waals surface area contributed by atoms with Crippen molar-refractivity contribution >= 4 is 11.6 Å². The Labute approximate surface area is 179 Å². The third kappa shape index (κ3) is 3.58. The van der Waals surface area contributed by atoms with E-state index in [1.807, 2.05) is 0 Å². The Hall–Kier alpha value is 0.210. The first-order valence-electron chi connectivity index (χ1n) is 12.2. The predicted molar refractivity (Wildman–Crippen MR) is 119 cm³/mol. The van der Waals surface area contributed by atoms with E-state index in [0.29, 0.717) is 22.3 Å². The van der Waals surface area contributed by atoms with E-state index in [1.54, 1.807) is 0 Å². The molecule has 4 saturated carbocycles. The SMILES string of the molecule is C[C@H](OCCN(C)C)[C@H]1CC[C@H]2[C@@H]3CCC4CC(Cl)CC[C@]4(C)[C@H]3CC[C@]12C. The zero-order valence-electron chi connectivity index (χ0n) is 19.1. The van der Waals surface area contributed by atoms with Crippen molar-refractivity contribution in [2.45, 2.75) is 90.0 Å². The van der Waals surface area contributed by atoms with Gasteiger partial charge in [0.1, 0.15) is 0 Å². The van der Waals surface area contributed by atoms with Gasteiger partial charge in [-0.3, -0.25) is 0 Å². The Balaban J connectivity index is 1.46. The third-order valence-corrected chi connectivity index (χ3v) is 10.6. The van der Waals surface area contributed by atoms with Crippen molar-refractivity contribution in [3.05, 3.63) is 0 Å². The van der Waals surface area contributed by atoms with Gasteiger partial charge in [0.2, 0.25) is 0 Å². The molecule has 2 unspecified atom stereocenters. The van der Waals surface area contributed by atoms with Gasteiger partial charge in [-0.1, -0.05) is 13.8 Å². The molecule has 0 bridgehead atoms. The summed E-state index contributed by atoms with van der Waals surface area (Å²) in [7, 11) is 4.27. The van der Waals surface area contributed by atoms with Crippen LogP contribution in [0.25, 0.3) is 0 Å². The van der Waals surface area contributed by atoms with Gasteiger partial charge in [0.15, 0.2) is 0 Å². The summed E-state index contributed by atoms with van der Waals surface area (Å²) in [5, 5.41) is 0.444. The van der Waals surface area contributed by atoms with Crippen molar-refractivity contribution in [3.63, 3.8) is 0 Å². The summed E-state index contributed by atoms with van der Waals surface area (Å²) in [4.78, 5) is 2.23. The molecule has 0 N–H and O–H groups in total. The van der Waals surface area contributed by atoms with Crippen molar-refractivity contribution in [1.82, 2.24) is 4.90 Å². The quantitative estimate of drug-likeness (QED) is 0.499. The minimum absolute atomic E-state index is 0.408. The van der Waals surface area contributed by atoms with Crippen molar-refractivity contribution in [2.24, 2.45) is 40.4 Å². The van der Waals surface area contributed by atoms with Gasteiger partial charge >= 0.3 is 0 Å². The van der Waals surface area contributed by atoms with E-state index >= 15 is 0 Å². The highest BCUT2D eigenvalue weighted by Crippen LogP contribution is 2.68. The Kier molecular flexibility index (Phi) is 6.16. The molecule has 28 heavy (non-hydrogen) atoms. The van der Waals surface area contributed by atoms with Crippen LogP contribution in [0.3, 0.4) is 0 Å². The van der Waals surface area contributed by atoms with Gasteiger partial charge in [-0.15, -0.1) is 11.6 Å². The zero-order chi connectivity index (χ0) is 20.1. The maximum absolute atomic E-state index is 6.58. The van der Waals surface area contributed by atoms with E-state index in [0.717, 1.165) is 42.7 Å². The number of fused-ring (bicyclic) bond motifs is 5. The molecule has 4 fully saturated rings. The second-order valence-electron chi connectivity index (χ2n) is 11.6. The second-order valence-corrected chi connectivity index (χ2v) is 12.3. The van der Waals surface area contributed by atoms with Gasteiger partial charge in [-0.25, -0.2) is 0 Å². The average molecular weight is 410 g/mol. The van der Waals surface area contributed by atoms with Gasteiger partial charge in [-0.05, 0) is 119 Å². The van der Waals surface area contributed by atoms with Crippen LogP contribution < -0.4 is 0 Å². The molecule has 0 radical (unpaired) electrons. The lowest BCUT2D eigenvalue weighted by atomic mass is 9.44. The number of ether oxygens (including phenoxy) is 1. The molecule has 3 heteroatoms. The molecule has 0 saturated heterocycles. The maximum atomic E-state index is 6.58. The molecular formula is C25H44ClNO. The fourth-order valence-corrected chi connectivity index (χ4v) is 8.88.